The molecule has 0 spiro atoms. The summed E-state index contributed by atoms with van der Waals surface area (Å²) >= 11 is 0. The van der Waals surface area contributed by atoms with Gasteiger partial charge in [-0.25, -0.2) is 13.4 Å². The molecule has 0 aromatic carbocycles. The number of aromatic nitrogens is 1. The van der Waals surface area contributed by atoms with Gasteiger partial charge < -0.3 is 19.9 Å². The van der Waals surface area contributed by atoms with E-state index in [1.165, 1.54) is 17.4 Å². The second-order valence-corrected chi connectivity index (χ2v) is 10.0. The van der Waals surface area contributed by atoms with E-state index in [1.54, 1.807) is 17.0 Å². The Balaban J connectivity index is 1.61. The van der Waals surface area contributed by atoms with Crippen LogP contribution >= 0.6 is 0 Å². The highest BCUT2D eigenvalue weighted by molar-refractivity contribution is 7.89. The van der Waals surface area contributed by atoms with Crippen molar-refractivity contribution in [3.05, 3.63) is 18.3 Å². The molecule has 1 unspecified atom stereocenters. The van der Waals surface area contributed by atoms with E-state index in [0.29, 0.717) is 58.3 Å². The number of carbonyl (C=O) groups excluding carboxylic acids is 2. The van der Waals surface area contributed by atoms with Crippen molar-refractivity contribution < 1.29 is 22.7 Å². The number of carbonyl (C=O) groups is 2. The maximum atomic E-state index is 12.8. The molecule has 2 saturated heterocycles. The number of nitrogens with one attached hydrogen (secondary N) is 1. The standard InChI is InChI=1S/C20H31N5O5S/c1-15(2)19(22-16(3)26)20(27)24-8-6-23(7-9-24)18-5-4-17(14-21-18)31(28,29)25-10-12-30-13-11-25/h4-5,14-15,19H,6-13H2,1-3H3,(H,22,26). The summed E-state index contributed by atoms with van der Waals surface area (Å²) in [7, 11) is -3.57. The molecule has 0 saturated carbocycles. The van der Waals surface area contributed by atoms with Crippen LogP contribution in [0, 0.1) is 5.92 Å². The summed E-state index contributed by atoms with van der Waals surface area (Å²) in [5.74, 6) is 0.374. The molecule has 2 aliphatic heterocycles. The molecule has 10 nitrogen and oxygen atoms in total. The van der Waals surface area contributed by atoms with Gasteiger partial charge in [0.05, 0.1) is 13.2 Å². The quantitative estimate of drug-likeness (QED) is 0.641. The summed E-state index contributed by atoms with van der Waals surface area (Å²) in [6.07, 6.45) is 1.39. The Kier molecular flexibility index (Phi) is 7.50. The van der Waals surface area contributed by atoms with Crippen molar-refractivity contribution in [2.24, 2.45) is 5.92 Å². The monoisotopic (exact) mass is 453 g/mol. The lowest BCUT2D eigenvalue weighted by molar-refractivity contribution is -0.137. The third-order valence-corrected chi connectivity index (χ3v) is 7.42. The van der Waals surface area contributed by atoms with E-state index in [1.807, 2.05) is 18.7 Å². The second-order valence-electron chi connectivity index (χ2n) is 8.10. The van der Waals surface area contributed by atoms with Crippen molar-refractivity contribution in [2.45, 2.75) is 31.7 Å². The molecule has 0 radical (unpaired) electrons. The van der Waals surface area contributed by atoms with Crippen LogP contribution in [-0.2, 0) is 24.3 Å². The lowest BCUT2D eigenvalue weighted by Crippen LogP contribution is -2.56. The maximum Gasteiger partial charge on any atom is 0.245 e. The van der Waals surface area contributed by atoms with Gasteiger partial charge in [-0.2, -0.15) is 4.31 Å². The minimum atomic E-state index is -3.57. The number of rotatable bonds is 6. The first-order valence-electron chi connectivity index (χ1n) is 10.5. The van der Waals surface area contributed by atoms with Gasteiger partial charge in [-0.05, 0) is 18.1 Å². The van der Waals surface area contributed by atoms with Crippen LogP contribution in [0.1, 0.15) is 20.8 Å². The van der Waals surface area contributed by atoms with E-state index in [4.69, 9.17) is 4.74 Å². The molecular weight excluding hydrogens is 422 g/mol. The normalized spacial score (nSPS) is 19.4. The number of piperazine rings is 1. The van der Waals surface area contributed by atoms with E-state index in [-0.39, 0.29) is 22.6 Å². The van der Waals surface area contributed by atoms with E-state index >= 15 is 0 Å². The van der Waals surface area contributed by atoms with Gasteiger partial charge >= 0.3 is 0 Å². The van der Waals surface area contributed by atoms with E-state index in [0.717, 1.165) is 0 Å². The Morgan fingerprint density at radius 2 is 1.71 bits per heavy atom. The highest BCUT2D eigenvalue weighted by Crippen LogP contribution is 2.20. The minimum Gasteiger partial charge on any atom is -0.379 e. The first-order chi connectivity index (χ1) is 14.7. The number of ether oxygens (including phenoxy) is 1. The van der Waals surface area contributed by atoms with Crippen LogP contribution < -0.4 is 10.2 Å². The van der Waals surface area contributed by atoms with E-state index in [9.17, 15) is 18.0 Å². The molecule has 3 rings (SSSR count). The van der Waals surface area contributed by atoms with Gasteiger partial charge in [0.25, 0.3) is 0 Å². The highest BCUT2D eigenvalue weighted by Gasteiger charge is 2.31. The number of hydrogen-bond donors (Lipinski definition) is 1. The van der Waals surface area contributed by atoms with Gasteiger partial charge in [-0.15, -0.1) is 0 Å². The molecule has 0 aliphatic carbocycles. The van der Waals surface area contributed by atoms with Crippen molar-refractivity contribution in [3.8, 4) is 0 Å². The molecule has 1 aromatic heterocycles. The van der Waals surface area contributed by atoms with Crippen LogP contribution in [0.3, 0.4) is 0 Å². The molecule has 2 aliphatic rings. The zero-order chi connectivity index (χ0) is 22.6. The molecule has 0 bridgehead atoms. The fourth-order valence-corrected chi connectivity index (χ4v) is 5.09. The predicted molar refractivity (Wildman–Crippen MR) is 115 cm³/mol. The summed E-state index contributed by atoms with van der Waals surface area (Å²) in [4.78, 5) is 32.6. The topological polar surface area (TPSA) is 112 Å². The van der Waals surface area contributed by atoms with Gasteiger partial charge in [0.15, 0.2) is 0 Å². The smallest absolute Gasteiger partial charge is 0.245 e. The van der Waals surface area contributed by atoms with Crippen molar-refractivity contribution in [1.82, 2.24) is 19.5 Å². The lowest BCUT2D eigenvalue weighted by atomic mass is 10.0. The summed E-state index contributed by atoms with van der Waals surface area (Å²) in [6, 6.07) is 2.75. The predicted octanol–water partition coefficient (Wildman–Crippen LogP) is -0.0882. The first kappa shape index (κ1) is 23.4. The fourth-order valence-electron chi connectivity index (χ4n) is 3.73. The van der Waals surface area contributed by atoms with Crippen LogP contribution in [0.15, 0.2) is 23.2 Å². The molecule has 172 valence electrons. The number of sulfonamides is 1. The largest absolute Gasteiger partial charge is 0.379 e. The van der Waals surface area contributed by atoms with Crippen molar-refractivity contribution in [1.29, 1.82) is 0 Å². The summed E-state index contributed by atoms with van der Waals surface area (Å²) in [5, 5.41) is 2.74. The maximum absolute atomic E-state index is 12.8. The van der Waals surface area contributed by atoms with Crippen LogP contribution in [0.25, 0.3) is 0 Å². The van der Waals surface area contributed by atoms with Gasteiger partial charge in [-0.1, -0.05) is 13.8 Å². The van der Waals surface area contributed by atoms with Crippen LogP contribution in [-0.4, -0.2) is 92.9 Å². The molecule has 11 heteroatoms. The molecule has 1 aromatic rings. The van der Waals surface area contributed by atoms with Gasteiger partial charge in [0, 0.05) is 52.4 Å². The molecule has 1 atom stereocenters. The van der Waals surface area contributed by atoms with Crippen molar-refractivity contribution in [2.75, 3.05) is 57.4 Å². The summed E-state index contributed by atoms with van der Waals surface area (Å²) < 4.78 is 32.1. The van der Waals surface area contributed by atoms with Crippen LogP contribution in [0.4, 0.5) is 5.82 Å². The average molecular weight is 454 g/mol. The number of hydrogen-bond acceptors (Lipinski definition) is 7. The van der Waals surface area contributed by atoms with E-state index < -0.39 is 16.1 Å². The SMILES string of the molecule is CC(=O)NC(C(=O)N1CCN(c2ccc(S(=O)(=O)N3CCOCC3)cn2)CC1)C(C)C. The summed E-state index contributed by atoms with van der Waals surface area (Å²) in [6.45, 7) is 8.89. The highest BCUT2D eigenvalue weighted by atomic mass is 32.2. The molecule has 2 fully saturated rings. The van der Waals surface area contributed by atoms with Crippen LogP contribution in [0.2, 0.25) is 0 Å². The third-order valence-electron chi connectivity index (χ3n) is 5.54. The van der Waals surface area contributed by atoms with Gasteiger partial charge in [-0.3, -0.25) is 9.59 Å². The number of pyridine rings is 1. The molecule has 31 heavy (non-hydrogen) atoms. The average Bonchev–Trinajstić information content (AvgIpc) is 2.77. The first-order valence-corrected chi connectivity index (χ1v) is 12.0. The fraction of sp³-hybridized carbons (Fsp3) is 0.650. The number of anilines is 1. The Morgan fingerprint density at radius 3 is 2.23 bits per heavy atom. The van der Waals surface area contributed by atoms with Gasteiger partial charge in [0.2, 0.25) is 21.8 Å². The number of amides is 2. The molecule has 1 N–H and O–H groups in total. The lowest BCUT2D eigenvalue weighted by Gasteiger charge is -2.37. The molecular formula is C20H31N5O5S. The Hall–Kier alpha value is -2.24. The minimum absolute atomic E-state index is 0.00273. The number of morpholine rings is 1. The second kappa shape index (κ2) is 9.92. The van der Waals surface area contributed by atoms with Gasteiger partial charge in [0.1, 0.15) is 16.8 Å². The Morgan fingerprint density at radius 1 is 1.06 bits per heavy atom. The molecule has 2 amide bonds. The van der Waals surface area contributed by atoms with Crippen molar-refractivity contribution in [3.63, 3.8) is 0 Å². The number of nitrogens with zero attached hydrogens (tertiary/aromatic N) is 4. The van der Waals surface area contributed by atoms with E-state index in [2.05, 4.69) is 10.3 Å². The molecule has 3 heterocycles. The zero-order valence-electron chi connectivity index (χ0n) is 18.3. The Labute approximate surface area is 183 Å². The summed E-state index contributed by atoms with van der Waals surface area (Å²) in [5.41, 5.74) is 0. The van der Waals surface area contributed by atoms with Crippen LogP contribution in [0.5, 0.6) is 0 Å². The third kappa shape index (κ3) is 5.52. The van der Waals surface area contributed by atoms with Crippen molar-refractivity contribution >= 4 is 27.7 Å². The Bertz CT molecular complexity index is 876. The zero-order valence-corrected chi connectivity index (χ0v) is 19.1.